The first-order valence-electron chi connectivity index (χ1n) is 8.60. The Hall–Kier alpha value is -2.38. The van der Waals surface area contributed by atoms with E-state index in [1.807, 2.05) is 19.1 Å². The molecule has 0 unspecified atom stereocenters. The topological polar surface area (TPSA) is 78.5 Å². The molecule has 2 N–H and O–H groups in total. The van der Waals surface area contributed by atoms with Crippen LogP contribution in [0.15, 0.2) is 46.9 Å². The minimum atomic E-state index is -0.286. The summed E-state index contributed by atoms with van der Waals surface area (Å²) in [6.07, 6.45) is 0.0976. The summed E-state index contributed by atoms with van der Waals surface area (Å²) in [5, 5.41) is 6.01. The molecular weight excluding hydrogens is 446 g/mol. The van der Waals surface area contributed by atoms with Crippen molar-refractivity contribution in [1.82, 2.24) is 10.2 Å². The average molecular weight is 467 g/mol. The predicted octanol–water partition coefficient (Wildman–Crippen LogP) is 3.63. The summed E-state index contributed by atoms with van der Waals surface area (Å²) < 4.78 is 0.927. The third-order valence-electron chi connectivity index (χ3n) is 4.00. The third kappa shape index (κ3) is 6.65. The summed E-state index contributed by atoms with van der Waals surface area (Å²) in [5.74, 6) is -0.805. The van der Waals surface area contributed by atoms with E-state index in [1.165, 1.54) is 4.90 Å². The van der Waals surface area contributed by atoms with Gasteiger partial charge in [-0.15, -0.1) is 0 Å². The highest BCUT2D eigenvalue weighted by atomic mass is 79.9. The normalized spacial score (nSPS) is 10.3. The summed E-state index contributed by atoms with van der Waals surface area (Å²) in [5.41, 5.74) is 2.08. The molecule has 0 radical (unpaired) electrons. The Morgan fingerprint density at radius 2 is 1.79 bits per heavy atom. The number of carbonyl (C=O) groups is 3. The highest BCUT2D eigenvalue weighted by Crippen LogP contribution is 2.19. The van der Waals surface area contributed by atoms with Crippen LogP contribution in [-0.2, 0) is 9.59 Å². The van der Waals surface area contributed by atoms with Crippen LogP contribution < -0.4 is 10.6 Å². The van der Waals surface area contributed by atoms with Crippen molar-refractivity contribution in [1.29, 1.82) is 0 Å². The Labute approximate surface area is 177 Å². The molecule has 0 fully saturated rings. The van der Waals surface area contributed by atoms with Gasteiger partial charge in [-0.05, 0) is 55.0 Å². The van der Waals surface area contributed by atoms with Crippen LogP contribution in [0.4, 0.5) is 5.69 Å². The van der Waals surface area contributed by atoms with Crippen LogP contribution in [0, 0.1) is 6.92 Å². The van der Waals surface area contributed by atoms with E-state index < -0.39 is 0 Å². The predicted molar refractivity (Wildman–Crippen MR) is 114 cm³/mol. The fourth-order valence-corrected chi connectivity index (χ4v) is 3.04. The van der Waals surface area contributed by atoms with Crippen molar-refractivity contribution in [3.8, 4) is 0 Å². The van der Waals surface area contributed by atoms with Gasteiger partial charge in [-0.3, -0.25) is 14.4 Å². The maximum absolute atomic E-state index is 12.2. The molecule has 0 aliphatic heterocycles. The lowest BCUT2D eigenvalue weighted by molar-refractivity contribution is -0.133. The van der Waals surface area contributed by atoms with Crippen molar-refractivity contribution in [3.05, 3.63) is 63.1 Å². The summed E-state index contributed by atoms with van der Waals surface area (Å²) >= 11 is 9.16. The van der Waals surface area contributed by atoms with E-state index in [1.54, 1.807) is 37.4 Å². The lowest BCUT2D eigenvalue weighted by atomic mass is 10.2. The monoisotopic (exact) mass is 465 g/mol. The minimum Gasteiger partial charge on any atom is -0.352 e. The third-order valence-corrected chi connectivity index (χ3v) is 4.75. The molecular formula is C20H21BrClN3O3. The molecule has 3 amide bonds. The Morgan fingerprint density at radius 1 is 1.11 bits per heavy atom. The number of nitrogens with zero attached hydrogens (tertiary/aromatic N) is 1. The molecule has 0 heterocycles. The molecule has 2 aromatic rings. The van der Waals surface area contributed by atoms with Crippen molar-refractivity contribution in [2.75, 3.05) is 25.5 Å². The zero-order valence-electron chi connectivity index (χ0n) is 15.6. The molecule has 0 aliphatic carbocycles. The number of hydrogen-bond acceptors (Lipinski definition) is 3. The molecule has 148 valence electrons. The van der Waals surface area contributed by atoms with Crippen molar-refractivity contribution in [2.45, 2.75) is 13.3 Å². The maximum atomic E-state index is 12.2. The van der Waals surface area contributed by atoms with Crippen LogP contribution in [0.3, 0.4) is 0 Å². The molecule has 2 rings (SSSR count). The average Bonchev–Trinajstić information content (AvgIpc) is 2.64. The van der Waals surface area contributed by atoms with Crippen molar-refractivity contribution in [3.63, 3.8) is 0 Å². The number of nitrogens with one attached hydrogen (secondary N) is 2. The highest BCUT2D eigenvalue weighted by molar-refractivity contribution is 9.10. The lowest BCUT2D eigenvalue weighted by Gasteiger charge is -2.17. The van der Waals surface area contributed by atoms with Gasteiger partial charge in [0.1, 0.15) is 0 Å². The minimum absolute atomic E-state index is 0.0700. The first-order valence-corrected chi connectivity index (χ1v) is 9.77. The lowest BCUT2D eigenvalue weighted by Crippen LogP contribution is -2.37. The molecule has 0 bridgehead atoms. The van der Waals surface area contributed by atoms with E-state index in [4.69, 9.17) is 11.6 Å². The number of amides is 3. The smallest absolute Gasteiger partial charge is 0.251 e. The van der Waals surface area contributed by atoms with Gasteiger partial charge in [-0.1, -0.05) is 27.5 Å². The van der Waals surface area contributed by atoms with E-state index in [0.717, 1.165) is 10.0 Å². The molecule has 0 atom stereocenters. The van der Waals surface area contributed by atoms with Gasteiger partial charge in [-0.2, -0.15) is 0 Å². The second-order valence-corrected chi connectivity index (χ2v) is 7.62. The molecule has 0 aromatic heterocycles. The van der Waals surface area contributed by atoms with E-state index in [-0.39, 0.29) is 37.2 Å². The second-order valence-electron chi connectivity index (χ2n) is 6.27. The molecule has 6 nitrogen and oxygen atoms in total. The van der Waals surface area contributed by atoms with Gasteiger partial charge in [0.15, 0.2) is 0 Å². The molecule has 8 heteroatoms. The van der Waals surface area contributed by atoms with E-state index in [0.29, 0.717) is 16.3 Å². The quantitative estimate of drug-likeness (QED) is 0.654. The molecule has 28 heavy (non-hydrogen) atoms. The van der Waals surface area contributed by atoms with E-state index in [9.17, 15) is 14.4 Å². The van der Waals surface area contributed by atoms with Gasteiger partial charge in [0.2, 0.25) is 11.8 Å². The number of aryl methyl sites for hydroxylation is 1. The number of carbonyl (C=O) groups excluding carboxylic acids is 3. The van der Waals surface area contributed by atoms with Crippen LogP contribution in [0.1, 0.15) is 22.3 Å². The highest BCUT2D eigenvalue weighted by Gasteiger charge is 2.14. The number of rotatable bonds is 7. The van der Waals surface area contributed by atoms with Crippen molar-refractivity contribution in [2.24, 2.45) is 0 Å². The number of anilines is 1. The van der Waals surface area contributed by atoms with Gasteiger partial charge in [0.05, 0.1) is 6.54 Å². The number of hydrogen-bond donors (Lipinski definition) is 2. The Morgan fingerprint density at radius 3 is 2.43 bits per heavy atom. The van der Waals surface area contributed by atoms with Gasteiger partial charge in [-0.25, -0.2) is 0 Å². The van der Waals surface area contributed by atoms with Gasteiger partial charge < -0.3 is 15.5 Å². The SMILES string of the molecule is Cc1cc(Br)ccc1NC(=O)CN(C)C(=O)CCNC(=O)c1ccc(Cl)cc1. The standard InChI is InChI=1S/C20H21BrClN3O3/c1-13-11-15(21)5-8-17(13)24-18(26)12-25(2)19(27)9-10-23-20(28)14-3-6-16(22)7-4-14/h3-8,11H,9-10,12H2,1-2H3,(H,23,28)(H,24,26). The van der Waals surface area contributed by atoms with Gasteiger partial charge in [0, 0.05) is 40.8 Å². The number of halogens is 2. The van der Waals surface area contributed by atoms with Crippen LogP contribution in [0.2, 0.25) is 5.02 Å². The van der Waals surface area contributed by atoms with Gasteiger partial charge in [0.25, 0.3) is 5.91 Å². The fourth-order valence-electron chi connectivity index (χ4n) is 2.44. The van der Waals surface area contributed by atoms with Crippen LogP contribution >= 0.6 is 27.5 Å². The molecule has 0 saturated heterocycles. The van der Waals surface area contributed by atoms with E-state index in [2.05, 4.69) is 26.6 Å². The Kier molecular flexibility index (Phi) is 8.02. The van der Waals surface area contributed by atoms with Gasteiger partial charge >= 0.3 is 0 Å². The second kappa shape index (κ2) is 10.2. The first kappa shape index (κ1) is 21.9. The summed E-state index contributed by atoms with van der Waals surface area (Å²) in [6, 6.07) is 12.0. The molecule has 2 aromatic carbocycles. The van der Waals surface area contributed by atoms with Crippen LogP contribution in [-0.4, -0.2) is 42.8 Å². The zero-order valence-corrected chi connectivity index (χ0v) is 17.9. The zero-order chi connectivity index (χ0) is 20.7. The maximum Gasteiger partial charge on any atom is 0.251 e. The number of benzene rings is 2. The van der Waals surface area contributed by atoms with E-state index >= 15 is 0 Å². The molecule has 0 spiro atoms. The summed E-state index contributed by atoms with van der Waals surface area (Å²) in [6.45, 7) is 2.00. The largest absolute Gasteiger partial charge is 0.352 e. The van der Waals surface area contributed by atoms with Crippen molar-refractivity contribution >= 4 is 50.9 Å². The first-order chi connectivity index (χ1) is 13.3. The fraction of sp³-hybridized carbons (Fsp3) is 0.250. The Bertz CT molecular complexity index is 871. The number of likely N-dealkylation sites (N-methyl/N-ethyl adjacent to an activating group) is 1. The summed E-state index contributed by atoms with van der Waals surface area (Å²) in [4.78, 5) is 37.7. The molecule has 0 saturated carbocycles. The Balaban J connectivity index is 1.76. The summed E-state index contributed by atoms with van der Waals surface area (Å²) in [7, 11) is 1.55. The van der Waals surface area contributed by atoms with Crippen LogP contribution in [0.25, 0.3) is 0 Å². The van der Waals surface area contributed by atoms with Crippen molar-refractivity contribution < 1.29 is 14.4 Å². The molecule has 0 aliphatic rings. The van der Waals surface area contributed by atoms with Crippen LogP contribution in [0.5, 0.6) is 0 Å².